The summed E-state index contributed by atoms with van der Waals surface area (Å²) in [6.07, 6.45) is 7.18. The van der Waals surface area contributed by atoms with E-state index >= 15 is 0 Å². The van der Waals surface area contributed by atoms with Crippen LogP contribution in [0.25, 0.3) is 0 Å². The van der Waals surface area contributed by atoms with Gasteiger partial charge in [-0.2, -0.15) is 0 Å². The molecule has 7 nitrogen and oxygen atoms in total. The highest BCUT2D eigenvalue weighted by atomic mass is 15.3. The number of aryl methyl sites for hydroxylation is 2. The lowest BCUT2D eigenvalue weighted by atomic mass is 10.0. The Morgan fingerprint density at radius 2 is 1.92 bits per heavy atom. The lowest BCUT2D eigenvalue weighted by molar-refractivity contribution is 0.293. The summed E-state index contributed by atoms with van der Waals surface area (Å²) < 4.78 is 2.36. The first-order chi connectivity index (χ1) is 12.3. The number of fused-ring (bicyclic) bond motifs is 2. The van der Waals surface area contributed by atoms with Crippen LogP contribution in [-0.4, -0.2) is 55.8 Å². The quantitative estimate of drug-likeness (QED) is 0.839. The predicted octanol–water partition coefficient (Wildman–Crippen LogP) is 1.28. The minimum absolute atomic E-state index is 0.734. The van der Waals surface area contributed by atoms with Crippen molar-refractivity contribution in [3.63, 3.8) is 0 Å². The van der Waals surface area contributed by atoms with E-state index in [0.29, 0.717) is 0 Å². The molecule has 0 aromatic carbocycles. The van der Waals surface area contributed by atoms with Gasteiger partial charge in [0.05, 0.1) is 6.54 Å². The Labute approximate surface area is 148 Å². The van der Waals surface area contributed by atoms with Gasteiger partial charge < -0.3 is 9.47 Å². The smallest absolute Gasteiger partial charge is 0.147 e. The van der Waals surface area contributed by atoms with Gasteiger partial charge in [-0.1, -0.05) is 0 Å². The van der Waals surface area contributed by atoms with Gasteiger partial charge in [0.2, 0.25) is 0 Å². The normalized spacial score (nSPS) is 26.0. The largest absolute Gasteiger partial charge is 0.356 e. The summed E-state index contributed by atoms with van der Waals surface area (Å²) in [4.78, 5) is 13.6. The third-order valence-electron chi connectivity index (χ3n) is 6.03. The summed E-state index contributed by atoms with van der Waals surface area (Å²) in [5, 5.41) is 8.87. The van der Waals surface area contributed by atoms with E-state index in [1.165, 1.54) is 24.2 Å². The maximum atomic E-state index is 4.50. The topological polar surface area (TPSA) is 63.0 Å². The number of hydrogen-bond acceptors (Lipinski definition) is 6. The van der Waals surface area contributed by atoms with Gasteiger partial charge in [-0.3, -0.25) is 4.90 Å². The molecule has 7 heteroatoms. The second-order valence-corrected chi connectivity index (χ2v) is 7.79. The molecule has 0 bridgehead atoms. The summed E-state index contributed by atoms with van der Waals surface area (Å²) in [5.41, 5.74) is 1.18. The van der Waals surface area contributed by atoms with Crippen molar-refractivity contribution in [2.24, 2.45) is 11.8 Å². The molecule has 0 radical (unpaired) electrons. The van der Waals surface area contributed by atoms with Crippen LogP contribution in [0.2, 0.25) is 0 Å². The van der Waals surface area contributed by atoms with E-state index < -0.39 is 0 Å². The van der Waals surface area contributed by atoms with Crippen molar-refractivity contribution in [2.45, 2.75) is 39.3 Å². The highest BCUT2D eigenvalue weighted by Crippen LogP contribution is 2.34. The summed E-state index contributed by atoms with van der Waals surface area (Å²) in [6.45, 7) is 8.69. The lowest BCUT2D eigenvalue weighted by Gasteiger charge is -2.23. The SMILES string of the molecule is Cc1cncnc1N1CC2CN(Cc3nnc4n3CCCC4)CC2C1. The monoisotopic (exact) mass is 339 g/mol. The van der Waals surface area contributed by atoms with E-state index in [1.54, 1.807) is 6.33 Å². The first kappa shape index (κ1) is 15.3. The molecule has 2 aromatic rings. The molecule has 2 atom stereocenters. The van der Waals surface area contributed by atoms with Gasteiger partial charge in [0.15, 0.2) is 0 Å². The van der Waals surface area contributed by atoms with Crippen molar-refractivity contribution in [3.8, 4) is 0 Å². The van der Waals surface area contributed by atoms with Crippen molar-refractivity contribution < 1.29 is 0 Å². The van der Waals surface area contributed by atoms with Crippen LogP contribution < -0.4 is 4.90 Å². The lowest BCUT2D eigenvalue weighted by Crippen LogP contribution is -2.30. The number of likely N-dealkylation sites (tertiary alicyclic amines) is 1. The Kier molecular flexibility index (Phi) is 3.69. The van der Waals surface area contributed by atoms with Gasteiger partial charge >= 0.3 is 0 Å². The molecule has 0 spiro atoms. The summed E-state index contributed by atoms with van der Waals surface area (Å²) in [6, 6.07) is 0. The van der Waals surface area contributed by atoms with E-state index in [9.17, 15) is 0 Å². The van der Waals surface area contributed by atoms with Crippen LogP contribution in [-0.2, 0) is 19.5 Å². The van der Waals surface area contributed by atoms with E-state index in [4.69, 9.17) is 0 Å². The molecule has 3 aliphatic heterocycles. The molecular weight excluding hydrogens is 314 g/mol. The first-order valence-corrected chi connectivity index (χ1v) is 9.43. The van der Waals surface area contributed by atoms with Crippen LogP contribution >= 0.6 is 0 Å². The van der Waals surface area contributed by atoms with Crippen molar-refractivity contribution in [3.05, 3.63) is 29.7 Å². The molecule has 2 aromatic heterocycles. The maximum Gasteiger partial charge on any atom is 0.147 e. The summed E-state index contributed by atoms with van der Waals surface area (Å²) >= 11 is 0. The highest BCUT2D eigenvalue weighted by molar-refractivity contribution is 5.46. The molecule has 5 heterocycles. The Balaban J connectivity index is 1.24. The number of aromatic nitrogens is 5. The second kappa shape index (κ2) is 6.05. The Morgan fingerprint density at radius 1 is 1.08 bits per heavy atom. The van der Waals surface area contributed by atoms with E-state index in [2.05, 4.69) is 41.5 Å². The molecule has 25 heavy (non-hydrogen) atoms. The molecule has 0 N–H and O–H groups in total. The zero-order chi connectivity index (χ0) is 16.8. The van der Waals surface area contributed by atoms with Gasteiger partial charge in [-0.25, -0.2) is 9.97 Å². The van der Waals surface area contributed by atoms with Crippen LogP contribution in [0, 0.1) is 18.8 Å². The molecule has 2 saturated heterocycles. The van der Waals surface area contributed by atoms with Crippen LogP contribution in [0.15, 0.2) is 12.5 Å². The van der Waals surface area contributed by atoms with Gasteiger partial charge in [0, 0.05) is 50.9 Å². The van der Waals surface area contributed by atoms with E-state index in [-0.39, 0.29) is 0 Å². The van der Waals surface area contributed by atoms with Gasteiger partial charge in [0.1, 0.15) is 23.8 Å². The molecule has 0 amide bonds. The van der Waals surface area contributed by atoms with E-state index in [0.717, 1.165) is 69.2 Å². The number of anilines is 1. The van der Waals surface area contributed by atoms with Gasteiger partial charge in [-0.05, 0) is 31.6 Å². The minimum atomic E-state index is 0.734. The molecule has 0 saturated carbocycles. The molecule has 5 rings (SSSR count). The molecule has 0 aliphatic carbocycles. The molecule has 2 unspecified atom stereocenters. The third kappa shape index (κ3) is 2.70. The number of hydrogen-bond donors (Lipinski definition) is 0. The molecule has 2 fully saturated rings. The van der Waals surface area contributed by atoms with Gasteiger partial charge in [-0.15, -0.1) is 10.2 Å². The van der Waals surface area contributed by atoms with E-state index in [1.807, 2.05) is 6.20 Å². The first-order valence-electron chi connectivity index (χ1n) is 9.43. The average Bonchev–Trinajstić information content (AvgIpc) is 3.29. The molecular formula is C18H25N7. The fourth-order valence-corrected chi connectivity index (χ4v) is 4.80. The number of nitrogens with zero attached hydrogens (tertiary/aromatic N) is 7. The standard InChI is InChI=1S/C18H25N7/c1-13-6-19-12-20-18(13)24-9-14-7-23(8-15(14)10-24)11-17-22-21-16-4-2-3-5-25(16)17/h6,12,14-15H,2-5,7-11H2,1H3. The zero-order valence-electron chi connectivity index (χ0n) is 14.8. The fourth-order valence-electron chi connectivity index (χ4n) is 4.80. The van der Waals surface area contributed by atoms with Gasteiger partial charge in [0.25, 0.3) is 0 Å². The molecule has 132 valence electrons. The average molecular weight is 339 g/mol. The Hall–Kier alpha value is -2.02. The van der Waals surface area contributed by atoms with Crippen LogP contribution in [0.3, 0.4) is 0 Å². The third-order valence-corrected chi connectivity index (χ3v) is 6.03. The van der Waals surface area contributed by atoms with Crippen LogP contribution in [0.5, 0.6) is 0 Å². The zero-order valence-corrected chi connectivity index (χ0v) is 14.8. The van der Waals surface area contributed by atoms with Crippen LogP contribution in [0.4, 0.5) is 5.82 Å². The summed E-state index contributed by atoms with van der Waals surface area (Å²) in [7, 11) is 0. The number of rotatable bonds is 3. The van der Waals surface area contributed by atoms with Crippen molar-refractivity contribution in [2.75, 3.05) is 31.1 Å². The Morgan fingerprint density at radius 3 is 2.72 bits per heavy atom. The fraction of sp³-hybridized carbons (Fsp3) is 0.667. The maximum absolute atomic E-state index is 4.50. The molecule has 3 aliphatic rings. The predicted molar refractivity (Wildman–Crippen MR) is 94.2 cm³/mol. The highest BCUT2D eigenvalue weighted by Gasteiger charge is 2.41. The van der Waals surface area contributed by atoms with Crippen LogP contribution in [0.1, 0.15) is 30.1 Å². The summed E-state index contributed by atoms with van der Waals surface area (Å²) in [5.74, 6) is 4.93. The van der Waals surface area contributed by atoms with Crippen molar-refractivity contribution >= 4 is 5.82 Å². The van der Waals surface area contributed by atoms with Crippen molar-refractivity contribution in [1.29, 1.82) is 0 Å². The van der Waals surface area contributed by atoms with Crippen molar-refractivity contribution in [1.82, 2.24) is 29.6 Å². The minimum Gasteiger partial charge on any atom is -0.356 e. The second-order valence-electron chi connectivity index (χ2n) is 7.79. The Bertz CT molecular complexity index is 757.